The average molecular weight is 306 g/mol. The van der Waals surface area contributed by atoms with Crippen molar-refractivity contribution in [3.05, 3.63) is 34.9 Å². The van der Waals surface area contributed by atoms with Crippen LogP contribution >= 0.6 is 8.46 Å². The van der Waals surface area contributed by atoms with Gasteiger partial charge in [-0.15, -0.1) is 0 Å². The molecule has 0 aliphatic heterocycles. The van der Waals surface area contributed by atoms with E-state index in [1.54, 1.807) is 0 Å². The molecule has 0 spiro atoms. The molecule has 0 aliphatic carbocycles. The summed E-state index contributed by atoms with van der Waals surface area (Å²) in [4.78, 5) is 12.5. The van der Waals surface area contributed by atoms with Crippen LogP contribution in [0.15, 0.2) is 18.2 Å². The van der Waals surface area contributed by atoms with Gasteiger partial charge in [-0.1, -0.05) is 39.0 Å². The molecule has 0 fully saturated rings. The summed E-state index contributed by atoms with van der Waals surface area (Å²) in [6.45, 7) is 10.5. The van der Waals surface area contributed by atoms with Crippen molar-refractivity contribution in [2.45, 2.75) is 53.9 Å². The largest absolute Gasteiger partial charge is 0.294 e. The maximum Gasteiger partial charge on any atom is 0.163 e. The van der Waals surface area contributed by atoms with Crippen molar-refractivity contribution in [3.8, 4) is 0 Å². The van der Waals surface area contributed by atoms with Gasteiger partial charge < -0.3 is 0 Å². The lowest BCUT2D eigenvalue weighted by atomic mass is 9.79. The summed E-state index contributed by atoms with van der Waals surface area (Å²) in [6.07, 6.45) is 3.16. The second-order valence-corrected chi connectivity index (χ2v) is 7.60. The minimum Gasteiger partial charge on any atom is -0.294 e. The fraction of sp³-hybridized carbons (Fsp3) is 0.611. The minimum absolute atomic E-state index is 0.107. The van der Waals surface area contributed by atoms with Gasteiger partial charge in [-0.3, -0.25) is 9.36 Å². The monoisotopic (exact) mass is 306 g/mol. The van der Waals surface area contributed by atoms with Gasteiger partial charge in [0.25, 0.3) is 0 Å². The number of carbonyl (C=O) groups excluding carboxylic acids is 1. The summed E-state index contributed by atoms with van der Waals surface area (Å²) in [5.41, 5.74) is 3.13. The molecule has 0 N–H and O–H groups in total. The first kappa shape index (κ1) is 18.0. The molecule has 2 nitrogen and oxygen atoms in total. The van der Waals surface area contributed by atoms with Crippen molar-refractivity contribution >= 4 is 14.2 Å². The topological polar surface area (TPSA) is 34.1 Å². The van der Waals surface area contributed by atoms with E-state index in [0.29, 0.717) is 18.5 Å². The van der Waals surface area contributed by atoms with E-state index in [1.807, 2.05) is 32.0 Å². The predicted molar refractivity (Wildman–Crippen MR) is 89.5 cm³/mol. The normalized spacial score (nSPS) is 13.4. The molecule has 0 aromatic heterocycles. The summed E-state index contributed by atoms with van der Waals surface area (Å²) in [6, 6.07) is 6.00. The van der Waals surface area contributed by atoms with Gasteiger partial charge in [-0.2, -0.15) is 0 Å². The molecule has 0 radical (unpaired) electrons. The molecular formula is C18H27O2P. The highest BCUT2D eigenvalue weighted by atomic mass is 31.1. The van der Waals surface area contributed by atoms with Gasteiger partial charge in [0.2, 0.25) is 0 Å². The minimum atomic E-state index is 0.107. The zero-order valence-corrected chi connectivity index (χ0v) is 14.8. The van der Waals surface area contributed by atoms with E-state index >= 15 is 0 Å². The Morgan fingerprint density at radius 2 is 1.81 bits per heavy atom. The van der Waals surface area contributed by atoms with Crippen LogP contribution in [0.25, 0.3) is 0 Å². The fourth-order valence-electron chi connectivity index (χ4n) is 3.07. The van der Waals surface area contributed by atoms with Gasteiger partial charge >= 0.3 is 0 Å². The summed E-state index contributed by atoms with van der Waals surface area (Å²) < 4.78 is 10.7. The Labute approximate surface area is 130 Å². The van der Waals surface area contributed by atoms with Crippen LogP contribution in [0.2, 0.25) is 0 Å². The molecule has 0 aliphatic rings. The van der Waals surface area contributed by atoms with Crippen LogP contribution in [-0.4, -0.2) is 11.9 Å². The van der Waals surface area contributed by atoms with Crippen molar-refractivity contribution in [2.75, 3.05) is 6.16 Å². The average Bonchev–Trinajstić information content (AvgIpc) is 2.36. The molecule has 1 aromatic carbocycles. The van der Waals surface area contributed by atoms with Crippen LogP contribution in [0.4, 0.5) is 0 Å². The molecule has 116 valence electrons. The summed E-state index contributed by atoms with van der Waals surface area (Å²) in [5.74, 6) is 0.669. The fourth-order valence-corrected chi connectivity index (χ4v) is 3.45. The van der Waals surface area contributed by atoms with Crippen LogP contribution in [0.3, 0.4) is 0 Å². The third kappa shape index (κ3) is 5.71. The Bertz CT molecular complexity index is 486. The van der Waals surface area contributed by atoms with Gasteiger partial charge in [0, 0.05) is 18.1 Å². The first-order chi connectivity index (χ1) is 9.76. The van der Waals surface area contributed by atoms with Crippen molar-refractivity contribution < 1.29 is 9.36 Å². The van der Waals surface area contributed by atoms with Crippen molar-refractivity contribution in [3.63, 3.8) is 0 Å². The zero-order valence-electron chi connectivity index (χ0n) is 13.9. The Kier molecular flexibility index (Phi) is 6.74. The van der Waals surface area contributed by atoms with Crippen LogP contribution < -0.4 is 0 Å². The highest BCUT2D eigenvalue weighted by Crippen LogP contribution is 2.32. The standard InChI is InChI=1S/C18H27O2P/c1-13(12-21-20)11-18(4,5)10-9-16(19)17-14(2)7-6-8-15(17)3/h6-8,13H,9-12H2,1-5H3. The van der Waals surface area contributed by atoms with Crippen LogP contribution in [0, 0.1) is 25.2 Å². The number of carbonyl (C=O) groups is 1. The van der Waals surface area contributed by atoms with Gasteiger partial charge in [0.15, 0.2) is 14.2 Å². The molecule has 1 rings (SSSR count). The lowest BCUT2D eigenvalue weighted by Gasteiger charge is -2.27. The van der Waals surface area contributed by atoms with E-state index in [0.717, 1.165) is 29.5 Å². The van der Waals surface area contributed by atoms with E-state index in [-0.39, 0.29) is 19.7 Å². The highest BCUT2D eigenvalue weighted by molar-refractivity contribution is 7.23. The Morgan fingerprint density at radius 1 is 1.24 bits per heavy atom. The molecule has 1 aromatic rings. The first-order valence-electron chi connectivity index (χ1n) is 7.65. The molecule has 1 unspecified atom stereocenters. The summed E-state index contributed by atoms with van der Waals surface area (Å²) in [5, 5.41) is 0. The Morgan fingerprint density at radius 3 is 2.33 bits per heavy atom. The van der Waals surface area contributed by atoms with Crippen LogP contribution in [0.5, 0.6) is 0 Å². The molecule has 3 heteroatoms. The van der Waals surface area contributed by atoms with E-state index < -0.39 is 0 Å². The number of Topliss-reactive ketones (excluding diaryl/α,β-unsaturated/α-hetero) is 1. The van der Waals surface area contributed by atoms with Crippen LogP contribution in [-0.2, 0) is 4.57 Å². The van der Waals surface area contributed by atoms with E-state index in [4.69, 9.17) is 0 Å². The SMILES string of the molecule is Cc1cccc(C)c1C(=O)CCC(C)(C)CC(C)CP=O. The predicted octanol–water partition coefficient (Wildman–Crippen LogP) is 5.61. The van der Waals surface area contributed by atoms with Crippen molar-refractivity contribution in [1.82, 2.24) is 0 Å². The highest BCUT2D eigenvalue weighted by Gasteiger charge is 2.23. The van der Waals surface area contributed by atoms with Gasteiger partial charge in [0.05, 0.1) is 0 Å². The second kappa shape index (κ2) is 7.84. The van der Waals surface area contributed by atoms with Gasteiger partial charge in [0.1, 0.15) is 0 Å². The van der Waals surface area contributed by atoms with Crippen molar-refractivity contribution in [2.24, 2.45) is 11.3 Å². The number of hydrogen-bond donors (Lipinski definition) is 0. The molecule has 0 saturated heterocycles. The van der Waals surface area contributed by atoms with Crippen molar-refractivity contribution in [1.29, 1.82) is 0 Å². The number of rotatable bonds is 8. The lowest BCUT2D eigenvalue weighted by Crippen LogP contribution is -2.18. The third-order valence-electron chi connectivity index (χ3n) is 4.08. The molecule has 0 saturated carbocycles. The smallest absolute Gasteiger partial charge is 0.163 e. The molecule has 1 atom stereocenters. The number of aryl methyl sites for hydroxylation is 2. The first-order valence-corrected chi connectivity index (χ1v) is 8.65. The summed E-state index contributed by atoms with van der Waals surface area (Å²) >= 11 is 0. The zero-order chi connectivity index (χ0) is 16.0. The molecular weight excluding hydrogens is 279 g/mol. The maximum absolute atomic E-state index is 12.5. The maximum atomic E-state index is 12.5. The third-order valence-corrected chi connectivity index (χ3v) is 4.85. The Balaban J connectivity index is 2.65. The number of benzene rings is 1. The Hall–Kier alpha value is -1.01. The summed E-state index contributed by atoms with van der Waals surface area (Å²) in [7, 11) is 0.219. The van der Waals surface area contributed by atoms with Crippen LogP contribution in [0.1, 0.15) is 61.5 Å². The molecule has 21 heavy (non-hydrogen) atoms. The van der Waals surface area contributed by atoms with Gasteiger partial charge in [-0.05, 0) is 49.1 Å². The van der Waals surface area contributed by atoms with E-state index in [9.17, 15) is 9.36 Å². The molecule has 0 amide bonds. The quantitative estimate of drug-likeness (QED) is 0.462. The number of ketones is 1. The van der Waals surface area contributed by atoms with E-state index in [2.05, 4.69) is 20.8 Å². The lowest BCUT2D eigenvalue weighted by molar-refractivity contribution is 0.0956. The number of hydrogen-bond acceptors (Lipinski definition) is 2. The molecule has 0 bridgehead atoms. The second-order valence-electron chi connectivity index (χ2n) is 6.98. The van der Waals surface area contributed by atoms with E-state index in [1.165, 1.54) is 0 Å². The van der Waals surface area contributed by atoms with Gasteiger partial charge in [-0.25, -0.2) is 0 Å². The molecule has 0 heterocycles.